The molecular formula is C21H16ClNO4. The third kappa shape index (κ3) is 2.80. The number of pyridine rings is 2. The molecule has 0 saturated heterocycles. The molecule has 2 aromatic heterocycles. The molecule has 0 aliphatic rings. The fraction of sp³-hybridized carbons (Fsp3) is 0.143. The monoisotopic (exact) mass is 381 g/mol. The lowest BCUT2D eigenvalue weighted by molar-refractivity contribution is -0.455. The van der Waals surface area contributed by atoms with Gasteiger partial charge in [-0.15, -0.1) is 0 Å². The second-order valence-electron chi connectivity index (χ2n) is 6.09. The molecule has 0 saturated carbocycles. The summed E-state index contributed by atoms with van der Waals surface area (Å²) in [5.41, 5.74) is 1.83. The minimum Gasteiger partial charge on any atom is -0.868 e. The highest BCUT2D eigenvalue weighted by molar-refractivity contribution is 6.36. The number of hydrogen-bond acceptors (Lipinski definition) is 4. The van der Waals surface area contributed by atoms with Crippen LogP contribution < -0.4 is 19.0 Å². The Hall–Kier alpha value is -3.05. The normalized spacial score (nSPS) is 11.2. The molecule has 5 nitrogen and oxygen atoms in total. The number of fused-ring (bicyclic) bond motifs is 5. The quantitative estimate of drug-likeness (QED) is 0.308. The van der Waals surface area contributed by atoms with Crippen molar-refractivity contribution < 1.29 is 23.8 Å². The van der Waals surface area contributed by atoms with Crippen LogP contribution in [-0.2, 0) is 4.79 Å². The van der Waals surface area contributed by atoms with Gasteiger partial charge in [-0.3, -0.25) is 4.79 Å². The third-order valence-corrected chi connectivity index (χ3v) is 4.66. The predicted molar refractivity (Wildman–Crippen MR) is 102 cm³/mol. The second kappa shape index (κ2) is 6.59. The number of carbonyl (C=O) groups excluding carboxylic acids is 1. The molecule has 0 radical (unpaired) electrons. The van der Waals surface area contributed by atoms with E-state index < -0.39 is 5.97 Å². The number of ether oxygens (including phenoxy) is 2. The first-order chi connectivity index (χ1) is 13.0. The number of benzene rings is 2. The fourth-order valence-corrected chi connectivity index (χ4v) is 3.61. The second-order valence-corrected chi connectivity index (χ2v) is 6.50. The van der Waals surface area contributed by atoms with E-state index in [0.717, 1.165) is 10.9 Å². The van der Waals surface area contributed by atoms with Crippen molar-refractivity contribution in [1.82, 2.24) is 0 Å². The van der Waals surface area contributed by atoms with Crippen molar-refractivity contribution >= 4 is 44.9 Å². The molecule has 0 N–H and O–H groups in total. The molecular weight excluding hydrogens is 366 g/mol. The number of hydrogen-bond donors (Lipinski definition) is 0. The zero-order valence-electron chi connectivity index (χ0n) is 14.8. The smallest absolute Gasteiger partial charge is 0.308 e. The van der Waals surface area contributed by atoms with E-state index in [0.29, 0.717) is 39.5 Å². The average Bonchev–Trinajstić information content (AvgIpc) is 2.64. The molecule has 0 atom stereocenters. The molecule has 0 spiro atoms. The van der Waals surface area contributed by atoms with Crippen molar-refractivity contribution in [3.63, 3.8) is 0 Å². The molecule has 2 heterocycles. The zero-order chi connectivity index (χ0) is 19.1. The van der Waals surface area contributed by atoms with Crippen molar-refractivity contribution in [2.45, 2.75) is 13.8 Å². The first-order valence-corrected chi connectivity index (χ1v) is 8.90. The van der Waals surface area contributed by atoms with Crippen molar-refractivity contribution in [3.8, 4) is 17.2 Å². The van der Waals surface area contributed by atoms with Gasteiger partial charge in [-0.1, -0.05) is 29.8 Å². The van der Waals surface area contributed by atoms with Crippen molar-refractivity contribution in [2.75, 3.05) is 6.61 Å². The number of rotatable bonds is 3. The van der Waals surface area contributed by atoms with E-state index in [1.807, 2.05) is 35.6 Å². The third-order valence-electron chi connectivity index (χ3n) is 4.34. The van der Waals surface area contributed by atoms with Crippen molar-refractivity contribution in [1.29, 1.82) is 0 Å². The molecule has 0 fully saturated rings. The van der Waals surface area contributed by atoms with Crippen LogP contribution in [-0.4, -0.2) is 12.6 Å². The highest BCUT2D eigenvalue weighted by atomic mass is 35.5. The lowest BCUT2D eigenvalue weighted by atomic mass is 10.1. The van der Waals surface area contributed by atoms with E-state index in [-0.39, 0.29) is 5.75 Å². The molecule has 6 heteroatoms. The van der Waals surface area contributed by atoms with Gasteiger partial charge in [0.2, 0.25) is 16.6 Å². The Kier molecular flexibility index (Phi) is 4.24. The Balaban J connectivity index is 2.27. The summed E-state index contributed by atoms with van der Waals surface area (Å²) < 4.78 is 13.0. The summed E-state index contributed by atoms with van der Waals surface area (Å²) in [4.78, 5) is 11.6. The van der Waals surface area contributed by atoms with Gasteiger partial charge in [0, 0.05) is 13.0 Å². The highest BCUT2D eigenvalue weighted by Gasteiger charge is 2.23. The minimum atomic E-state index is -0.414. The molecule has 4 rings (SSSR count). The van der Waals surface area contributed by atoms with Crippen molar-refractivity contribution in [3.05, 3.63) is 53.6 Å². The molecule has 27 heavy (non-hydrogen) atoms. The van der Waals surface area contributed by atoms with E-state index in [1.54, 1.807) is 18.2 Å². The van der Waals surface area contributed by atoms with E-state index in [9.17, 15) is 9.90 Å². The molecule has 0 bridgehead atoms. The van der Waals surface area contributed by atoms with Gasteiger partial charge in [0.05, 0.1) is 29.1 Å². The Morgan fingerprint density at radius 2 is 1.89 bits per heavy atom. The molecule has 0 aliphatic carbocycles. The lowest BCUT2D eigenvalue weighted by Crippen LogP contribution is -2.26. The van der Waals surface area contributed by atoms with Gasteiger partial charge < -0.3 is 14.6 Å². The fourth-order valence-electron chi connectivity index (χ4n) is 3.37. The Morgan fingerprint density at radius 3 is 2.63 bits per heavy atom. The molecule has 0 aliphatic heterocycles. The lowest BCUT2D eigenvalue weighted by Gasteiger charge is -2.14. The van der Waals surface area contributed by atoms with E-state index in [4.69, 9.17) is 21.1 Å². The SMILES string of the molecule is CCOc1cc2cc(OC(C)=O)c3ccccc3[n+]2c2c([O-])ccc(Cl)c12. The van der Waals surface area contributed by atoms with Crippen LogP contribution >= 0.6 is 11.6 Å². The van der Waals surface area contributed by atoms with Crippen LogP contribution in [0, 0.1) is 0 Å². The van der Waals surface area contributed by atoms with Gasteiger partial charge >= 0.3 is 5.97 Å². The Labute approximate surface area is 160 Å². The largest absolute Gasteiger partial charge is 0.868 e. The molecule has 0 amide bonds. The maximum absolute atomic E-state index is 12.8. The summed E-state index contributed by atoms with van der Waals surface area (Å²) in [5, 5.41) is 14.5. The predicted octanol–water partition coefficient (Wildman–Crippen LogP) is 3.78. The van der Waals surface area contributed by atoms with Gasteiger partial charge in [-0.2, -0.15) is 4.40 Å². The summed E-state index contributed by atoms with van der Waals surface area (Å²) in [7, 11) is 0. The molecule has 4 aromatic rings. The van der Waals surface area contributed by atoms with E-state index in [2.05, 4.69) is 0 Å². The van der Waals surface area contributed by atoms with Crippen molar-refractivity contribution in [2.24, 2.45) is 0 Å². The van der Waals surface area contributed by atoms with Gasteiger partial charge in [-0.25, -0.2) is 0 Å². The molecule has 2 aromatic carbocycles. The van der Waals surface area contributed by atoms with E-state index >= 15 is 0 Å². The van der Waals surface area contributed by atoms with Crippen LogP contribution in [0.3, 0.4) is 0 Å². The maximum Gasteiger partial charge on any atom is 0.308 e. The van der Waals surface area contributed by atoms with Crippen LogP contribution in [0.1, 0.15) is 13.8 Å². The van der Waals surface area contributed by atoms with Crippen LogP contribution in [0.15, 0.2) is 48.5 Å². The summed E-state index contributed by atoms with van der Waals surface area (Å²) >= 11 is 6.42. The number of halogens is 1. The topological polar surface area (TPSA) is 62.7 Å². The first-order valence-electron chi connectivity index (χ1n) is 8.52. The van der Waals surface area contributed by atoms with Crippen LogP contribution in [0.25, 0.3) is 27.3 Å². The van der Waals surface area contributed by atoms with Gasteiger partial charge in [-0.05, 0) is 24.8 Å². The highest BCUT2D eigenvalue weighted by Crippen LogP contribution is 2.37. The first kappa shape index (κ1) is 17.4. The Bertz CT molecular complexity index is 1220. The summed E-state index contributed by atoms with van der Waals surface area (Å²) in [6.45, 7) is 3.64. The molecule has 136 valence electrons. The number of carbonyl (C=O) groups is 1. The number of para-hydroxylation sites is 1. The van der Waals surface area contributed by atoms with E-state index in [1.165, 1.54) is 13.0 Å². The van der Waals surface area contributed by atoms with Gasteiger partial charge in [0.1, 0.15) is 11.1 Å². The summed E-state index contributed by atoms with van der Waals surface area (Å²) in [5.74, 6) is 0.354. The maximum atomic E-state index is 12.8. The standard InChI is InChI=1S/C21H16ClNO4/c1-3-26-19-11-13-10-18(27-12(2)24)14-6-4-5-7-16(14)23(13)21-17(25)9-8-15(22)20(19)21/h4-11H,3H2,1-2H3. The van der Waals surface area contributed by atoms with Crippen LogP contribution in [0.4, 0.5) is 0 Å². The summed E-state index contributed by atoms with van der Waals surface area (Å²) in [6.07, 6.45) is 0. The average molecular weight is 382 g/mol. The molecule has 0 unspecified atom stereocenters. The summed E-state index contributed by atoms with van der Waals surface area (Å²) in [6, 6.07) is 14.0. The number of esters is 1. The Morgan fingerprint density at radius 1 is 1.15 bits per heavy atom. The number of nitrogens with zero attached hydrogens (tertiary/aromatic N) is 1. The van der Waals surface area contributed by atoms with Crippen LogP contribution in [0.5, 0.6) is 17.2 Å². The van der Waals surface area contributed by atoms with Gasteiger partial charge in [0.15, 0.2) is 5.75 Å². The number of aromatic nitrogens is 1. The van der Waals surface area contributed by atoms with Gasteiger partial charge in [0.25, 0.3) is 0 Å². The van der Waals surface area contributed by atoms with Crippen LogP contribution in [0.2, 0.25) is 5.02 Å². The minimum absolute atomic E-state index is 0.170. The zero-order valence-corrected chi connectivity index (χ0v) is 15.5.